The van der Waals surface area contributed by atoms with Gasteiger partial charge in [-0.05, 0) is 99.1 Å². The predicted octanol–water partition coefficient (Wildman–Crippen LogP) is 13.9. The fraction of sp³-hybridized carbons (Fsp3) is 0. The van der Waals surface area contributed by atoms with E-state index in [0.29, 0.717) is 0 Å². The quantitative estimate of drug-likeness (QED) is 0.194. The molecule has 0 amide bonds. The topological polar surface area (TPSA) is 38.3 Å². The number of para-hydroxylation sites is 1. The van der Waals surface area contributed by atoms with Gasteiger partial charge in [-0.15, -0.1) is 0 Å². The molecule has 0 saturated carbocycles. The molecule has 8 aromatic carbocycles. The number of hydrogen-bond donors (Lipinski definition) is 1. The van der Waals surface area contributed by atoms with Crippen molar-refractivity contribution in [2.75, 3.05) is 5.32 Å². The lowest BCUT2D eigenvalue weighted by atomic mass is 9.94. The number of furan rings is 2. The van der Waals surface area contributed by atoms with Gasteiger partial charge in [0.1, 0.15) is 22.3 Å². The summed E-state index contributed by atoms with van der Waals surface area (Å²) >= 11 is 0. The summed E-state index contributed by atoms with van der Waals surface area (Å²) in [6.45, 7) is 0. The van der Waals surface area contributed by atoms with Crippen molar-refractivity contribution in [2.45, 2.75) is 0 Å². The Morgan fingerprint density at radius 2 is 0.863 bits per heavy atom. The molecule has 0 aliphatic heterocycles. The second-order valence-corrected chi connectivity index (χ2v) is 13.0. The first kappa shape index (κ1) is 29.1. The highest BCUT2D eigenvalue weighted by molar-refractivity contribution is 6.17. The summed E-state index contributed by atoms with van der Waals surface area (Å²) in [6.07, 6.45) is 0. The molecule has 3 nitrogen and oxygen atoms in total. The van der Waals surface area contributed by atoms with E-state index in [1.807, 2.05) is 18.2 Å². The first-order valence-electron chi connectivity index (χ1n) is 17.2. The van der Waals surface area contributed by atoms with Gasteiger partial charge in [-0.3, -0.25) is 0 Å². The van der Waals surface area contributed by atoms with Crippen LogP contribution in [0.25, 0.3) is 88.4 Å². The van der Waals surface area contributed by atoms with Crippen LogP contribution in [0.1, 0.15) is 0 Å². The van der Waals surface area contributed by atoms with Gasteiger partial charge in [0.15, 0.2) is 0 Å². The average Bonchev–Trinajstić information content (AvgIpc) is 3.77. The monoisotopic (exact) mass is 653 g/mol. The summed E-state index contributed by atoms with van der Waals surface area (Å²) in [7, 11) is 0. The molecule has 1 N–H and O–H groups in total. The maximum atomic E-state index is 6.48. The van der Waals surface area contributed by atoms with Crippen LogP contribution >= 0.6 is 0 Å². The van der Waals surface area contributed by atoms with Gasteiger partial charge < -0.3 is 14.2 Å². The fourth-order valence-electron chi connectivity index (χ4n) is 7.40. The lowest BCUT2D eigenvalue weighted by Gasteiger charge is -2.12. The third-order valence-electron chi connectivity index (χ3n) is 9.87. The van der Waals surface area contributed by atoms with Crippen molar-refractivity contribution in [3.05, 3.63) is 182 Å². The normalized spacial score (nSPS) is 11.5. The molecule has 0 aliphatic carbocycles. The van der Waals surface area contributed by atoms with Gasteiger partial charge >= 0.3 is 0 Å². The number of rotatable bonds is 6. The number of nitrogens with one attached hydrogen (secondary N) is 1. The molecular weight excluding hydrogens is 623 g/mol. The van der Waals surface area contributed by atoms with Crippen molar-refractivity contribution >= 4 is 55.3 Å². The van der Waals surface area contributed by atoms with Crippen LogP contribution in [0.4, 0.5) is 11.4 Å². The minimum atomic E-state index is 0.851. The highest BCUT2D eigenvalue weighted by Crippen LogP contribution is 2.42. The lowest BCUT2D eigenvalue weighted by Crippen LogP contribution is -1.92. The number of anilines is 2. The molecule has 2 aromatic heterocycles. The summed E-state index contributed by atoms with van der Waals surface area (Å²) in [4.78, 5) is 0. The number of fused-ring (bicyclic) bond motifs is 6. The van der Waals surface area contributed by atoms with E-state index in [4.69, 9.17) is 8.83 Å². The van der Waals surface area contributed by atoms with Gasteiger partial charge in [-0.2, -0.15) is 0 Å². The molecule has 10 aromatic rings. The van der Waals surface area contributed by atoms with Crippen LogP contribution in [0, 0.1) is 0 Å². The highest BCUT2D eigenvalue weighted by Gasteiger charge is 2.17. The largest absolute Gasteiger partial charge is 0.456 e. The molecule has 51 heavy (non-hydrogen) atoms. The second kappa shape index (κ2) is 11.9. The molecule has 2 heterocycles. The van der Waals surface area contributed by atoms with E-state index in [9.17, 15) is 0 Å². The van der Waals surface area contributed by atoms with Gasteiger partial charge in [-0.25, -0.2) is 0 Å². The summed E-state index contributed by atoms with van der Waals surface area (Å²) in [5.41, 5.74) is 14.9. The van der Waals surface area contributed by atoms with Crippen LogP contribution < -0.4 is 5.32 Å². The zero-order valence-electron chi connectivity index (χ0n) is 27.6. The first-order chi connectivity index (χ1) is 25.2. The molecule has 0 saturated heterocycles. The van der Waals surface area contributed by atoms with Crippen molar-refractivity contribution in [3.8, 4) is 44.5 Å². The van der Waals surface area contributed by atoms with Crippen LogP contribution in [0.3, 0.4) is 0 Å². The zero-order chi connectivity index (χ0) is 33.7. The maximum absolute atomic E-state index is 6.48. The van der Waals surface area contributed by atoms with E-state index in [0.717, 1.165) is 77.5 Å². The summed E-state index contributed by atoms with van der Waals surface area (Å²) in [6, 6.07) is 63.9. The molecule has 0 aliphatic rings. The third-order valence-corrected chi connectivity index (χ3v) is 9.87. The smallest absolute Gasteiger partial charge is 0.137 e. The first-order valence-corrected chi connectivity index (χ1v) is 17.2. The Hall–Kier alpha value is -6.84. The molecule has 0 bridgehead atoms. The molecule has 0 radical (unpaired) electrons. The molecule has 0 unspecified atom stereocenters. The van der Waals surface area contributed by atoms with Crippen LogP contribution in [0.15, 0.2) is 191 Å². The van der Waals surface area contributed by atoms with Gasteiger partial charge in [0.05, 0.1) is 11.1 Å². The summed E-state index contributed by atoms with van der Waals surface area (Å²) < 4.78 is 12.6. The van der Waals surface area contributed by atoms with E-state index in [1.54, 1.807) is 0 Å². The van der Waals surface area contributed by atoms with E-state index >= 15 is 0 Å². The molecule has 10 rings (SSSR count). The van der Waals surface area contributed by atoms with Crippen molar-refractivity contribution in [1.29, 1.82) is 0 Å². The Kier molecular flexibility index (Phi) is 6.81. The maximum Gasteiger partial charge on any atom is 0.137 e. The molecule has 240 valence electrons. The third kappa shape index (κ3) is 5.15. The minimum absolute atomic E-state index is 0.851. The van der Waals surface area contributed by atoms with Crippen LogP contribution in [-0.2, 0) is 0 Å². The zero-order valence-corrected chi connectivity index (χ0v) is 27.6. The van der Waals surface area contributed by atoms with Crippen molar-refractivity contribution < 1.29 is 8.83 Å². The lowest BCUT2D eigenvalue weighted by molar-refractivity contribution is 0.668. The number of benzene rings is 8. The van der Waals surface area contributed by atoms with Gasteiger partial charge in [0.2, 0.25) is 0 Å². The minimum Gasteiger partial charge on any atom is -0.456 e. The highest BCUT2D eigenvalue weighted by atomic mass is 16.3. The van der Waals surface area contributed by atoms with E-state index < -0.39 is 0 Å². The van der Waals surface area contributed by atoms with E-state index in [-0.39, 0.29) is 0 Å². The Balaban J connectivity index is 1.02. The van der Waals surface area contributed by atoms with Gasteiger partial charge in [-0.1, -0.05) is 127 Å². The average molecular weight is 654 g/mol. The number of hydrogen-bond acceptors (Lipinski definition) is 3. The Morgan fingerprint density at radius 1 is 0.314 bits per heavy atom. The molecule has 0 atom stereocenters. The van der Waals surface area contributed by atoms with Crippen LogP contribution in [-0.4, -0.2) is 0 Å². The van der Waals surface area contributed by atoms with Crippen molar-refractivity contribution in [3.63, 3.8) is 0 Å². The van der Waals surface area contributed by atoms with Crippen LogP contribution in [0.2, 0.25) is 0 Å². The Labute approximate surface area is 295 Å². The van der Waals surface area contributed by atoms with Crippen molar-refractivity contribution in [1.82, 2.24) is 0 Å². The molecule has 0 fully saturated rings. The Bertz CT molecular complexity index is 2880. The van der Waals surface area contributed by atoms with Gasteiger partial charge in [0.25, 0.3) is 0 Å². The molecule has 3 heteroatoms. The van der Waals surface area contributed by atoms with Gasteiger partial charge in [0, 0.05) is 21.8 Å². The predicted molar refractivity (Wildman–Crippen MR) is 212 cm³/mol. The standard InChI is InChI=1S/C48H31NO2/c1-2-10-31(11-3-1)32-22-24-33(25-23-32)34-12-6-14-37(28-34)39-17-8-20-45-47(39)48-42(18-9-21-46(48)51-45)49-38-15-7-13-35(29-38)36-26-27-44-41(30-36)40-16-4-5-19-43(40)50-44/h1-30,49H. The van der Waals surface area contributed by atoms with Crippen molar-refractivity contribution in [2.24, 2.45) is 0 Å². The summed E-state index contributed by atoms with van der Waals surface area (Å²) in [5.74, 6) is 0. The fourth-order valence-corrected chi connectivity index (χ4v) is 7.40. The van der Waals surface area contributed by atoms with E-state index in [2.05, 4.69) is 169 Å². The summed E-state index contributed by atoms with van der Waals surface area (Å²) in [5, 5.41) is 8.17. The van der Waals surface area contributed by atoms with Crippen LogP contribution in [0.5, 0.6) is 0 Å². The molecular formula is C48H31NO2. The molecule has 0 spiro atoms. The Morgan fingerprint density at radius 3 is 1.73 bits per heavy atom. The SMILES string of the molecule is c1ccc(-c2ccc(-c3cccc(-c4cccc5oc6cccc(Nc7cccc(-c8ccc9oc%10ccccc%10c9c8)c7)c6c45)c3)cc2)cc1. The van der Waals surface area contributed by atoms with E-state index in [1.165, 1.54) is 22.3 Å². The second-order valence-electron chi connectivity index (χ2n) is 13.0.